The molecular formula is C11H16. The van der Waals surface area contributed by atoms with Crippen molar-refractivity contribution in [3.63, 3.8) is 0 Å². The van der Waals surface area contributed by atoms with Crippen LogP contribution in [0, 0.1) is 29.6 Å². The molecule has 0 amide bonds. The highest BCUT2D eigenvalue weighted by Gasteiger charge is 2.55. The van der Waals surface area contributed by atoms with Crippen LogP contribution in [0.15, 0.2) is 12.2 Å². The van der Waals surface area contributed by atoms with Gasteiger partial charge in [0.1, 0.15) is 0 Å². The van der Waals surface area contributed by atoms with Crippen LogP contribution >= 0.6 is 0 Å². The molecule has 0 heteroatoms. The molecular weight excluding hydrogens is 132 g/mol. The SMILES string of the molecule is C=C1CC2C(C)C3CC1C2C3. The van der Waals surface area contributed by atoms with E-state index >= 15 is 0 Å². The molecule has 5 atom stereocenters. The standard InChI is InChI=1S/C11H16/c1-6-3-10-7(2)8-4-9(6)11(10)5-8/h7-11H,1,3-5H2,2H3. The fourth-order valence-corrected chi connectivity index (χ4v) is 4.01. The van der Waals surface area contributed by atoms with E-state index in [9.17, 15) is 0 Å². The van der Waals surface area contributed by atoms with E-state index < -0.39 is 0 Å². The second-order valence-electron chi connectivity index (χ2n) is 4.89. The molecule has 3 fully saturated rings. The van der Waals surface area contributed by atoms with E-state index in [2.05, 4.69) is 13.5 Å². The van der Waals surface area contributed by atoms with Crippen LogP contribution in [0.5, 0.6) is 0 Å². The van der Waals surface area contributed by atoms with E-state index in [0.29, 0.717) is 0 Å². The van der Waals surface area contributed by atoms with Gasteiger partial charge in [0.2, 0.25) is 0 Å². The zero-order valence-electron chi connectivity index (χ0n) is 7.22. The Morgan fingerprint density at radius 3 is 2.73 bits per heavy atom. The number of fused-ring (bicyclic) bond motifs is 1. The molecule has 0 saturated heterocycles. The van der Waals surface area contributed by atoms with Gasteiger partial charge in [0.15, 0.2) is 0 Å². The van der Waals surface area contributed by atoms with Crippen molar-refractivity contribution in [3.05, 3.63) is 12.2 Å². The molecule has 3 rings (SSSR count). The van der Waals surface area contributed by atoms with Crippen molar-refractivity contribution < 1.29 is 0 Å². The summed E-state index contributed by atoms with van der Waals surface area (Å²) in [7, 11) is 0. The molecule has 0 heterocycles. The second kappa shape index (κ2) is 1.73. The van der Waals surface area contributed by atoms with Crippen molar-refractivity contribution in [2.75, 3.05) is 0 Å². The van der Waals surface area contributed by atoms with Gasteiger partial charge in [-0.2, -0.15) is 0 Å². The Hall–Kier alpha value is -0.260. The Balaban J connectivity index is 2.04. The Morgan fingerprint density at radius 1 is 1.27 bits per heavy atom. The number of allylic oxidation sites excluding steroid dienone is 1. The highest BCUT2D eigenvalue weighted by atomic mass is 14.6. The van der Waals surface area contributed by atoms with Gasteiger partial charge in [-0.1, -0.05) is 19.1 Å². The van der Waals surface area contributed by atoms with Crippen LogP contribution in [0.25, 0.3) is 0 Å². The summed E-state index contributed by atoms with van der Waals surface area (Å²) in [6.07, 6.45) is 4.39. The Labute approximate surface area is 68.7 Å². The summed E-state index contributed by atoms with van der Waals surface area (Å²) in [6, 6.07) is 0. The van der Waals surface area contributed by atoms with E-state index in [0.717, 1.165) is 29.6 Å². The quantitative estimate of drug-likeness (QED) is 0.463. The number of hydrogen-bond donors (Lipinski definition) is 0. The lowest BCUT2D eigenvalue weighted by Crippen LogP contribution is -2.18. The van der Waals surface area contributed by atoms with E-state index in [-0.39, 0.29) is 0 Å². The molecule has 0 aromatic carbocycles. The first kappa shape index (κ1) is 6.28. The van der Waals surface area contributed by atoms with Gasteiger partial charge in [0, 0.05) is 0 Å². The van der Waals surface area contributed by atoms with Crippen LogP contribution < -0.4 is 0 Å². The molecule has 0 nitrogen and oxygen atoms in total. The third-order valence-corrected chi connectivity index (χ3v) is 4.64. The summed E-state index contributed by atoms with van der Waals surface area (Å²) >= 11 is 0. The minimum Gasteiger partial charge on any atom is -0.0996 e. The minimum atomic E-state index is 0.959. The topological polar surface area (TPSA) is 0 Å². The first-order chi connectivity index (χ1) is 5.27. The maximum atomic E-state index is 4.21. The Bertz CT molecular complexity index is 216. The molecule has 0 aromatic rings. The molecule has 3 aliphatic carbocycles. The lowest BCUT2D eigenvalue weighted by molar-refractivity contribution is 0.250. The third kappa shape index (κ3) is 0.579. The van der Waals surface area contributed by atoms with Gasteiger partial charge in [0.25, 0.3) is 0 Å². The van der Waals surface area contributed by atoms with E-state index in [1.807, 2.05) is 0 Å². The highest BCUT2D eigenvalue weighted by molar-refractivity contribution is 5.20. The minimum absolute atomic E-state index is 0.959. The summed E-state index contributed by atoms with van der Waals surface area (Å²) in [6.45, 7) is 6.67. The van der Waals surface area contributed by atoms with Crippen LogP contribution in [0.1, 0.15) is 26.2 Å². The molecule has 11 heavy (non-hydrogen) atoms. The lowest BCUT2D eigenvalue weighted by atomic mass is 9.81. The smallest absolute Gasteiger partial charge is 0.0172 e. The van der Waals surface area contributed by atoms with Gasteiger partial charge in [-0.25, -0.2) is 0 Å². The van der Waals surface area contributed by atoms with Crippen molar-refractivity contribution in [2.45, 2.75) is 26.2 Å². The Morgan fingerprint density at radius 2 is 2.09 bits per heavy atom. The summed E-state index contributed by atoms with van der Waals surface area (Å²) < 4.78 is 0. The van der Waals surface area contributed by atoms with Gasteiger partial charge in [-0.3, -0.25) is 0 Å². The third-order valence-electron chi connectivity index (χ3n) is 4.64. The summed E-state index contributed by atoms with van der Waals surface area (Å²) in [5, 5.41) is 0. The van der Waals surface area contributed by atoms with Crippen molar-refractivity contribution in [2.24, 2.45) is 29.6 Å². The molecule has 0 N–H and O–H groups in total. The average Bonchev–Trinajstić information content (AvgIpc) is 2.53. The van der Waals surface area contributed by atoms with Crippen molar-refractivity contribution in [3.8, 4) is 0 Å². The zero-order valence-corrected chi connectivity index (χ0v) is 7.22. The predicted molar refractivity (Wildman–Crippen MR) is 46.1 cm³/mol. The molecule has 0 aromatic heterocycles. The van der Waals surface area contributed by atoms with E-state index in [1.54, 1.807) is 5.57 Å². The van der Waals surface area contributed by atoms with Crippen LogP contribution in [0.2, 0.25) is 0 Å². The van der Waals surface area contributed by atoms with Crippen molar-refractivity contribution in [1.29, 1.82) is 0 Å². The molecule has 5 unspecified atom stereocenters. The van der Waals surface area contributed by atoms with Crippen molar-refractivity contribution in [1.82, 2.24) is 0 Å². The molecule has 3 saturated carbocycles. The van der Waals surface area contributed by atoms with Gasteiger partial charge in [-0.15, -0.1) is 0 Å². The summed E-state index contributed by atoms with van der Waals surface area (Å²) in [5.74, 6) is 5.18. The fraction of sp³-hybridized carbons (Fsp3) is 0.818. The summed E-state index contributed by atoms with van der Waals surface area (Å²) in [5.41, 5.74) is 1.59. The maximum Gasteiger partial charge on any atom is -0.0172 e. The summed E-state index contributed by atoms with van der Waals surface area (Å²) in [4.78, 5) is 0. The van der Waals surface area contributed by atoms with Gasteiger partial charge < -0.3 is 0 Å². The van der Waals surface area contributed by atoms with E-state index in [4.69, 9.17) is 0 Å². The number of rotatable bonds is 0. The fourth-order valence-electron chi connectivity index (χ4n) is 4.01. The first-order valence-electron chi connectivity index (χ1n) is 4.95. The second-order valence-corrected chi connectivity index (χ2v) is 4.89. The molecule has 60 valence electrons. The molecule has 0 spiro atoms. The van der Waals surface area contributed by atoms with Crippen LogP contribution in [0.4, 0.5) is 0 Å². The molecule has 2 bridgehead atoms. The Kier molecular flexibility index (Phi) is 0.987. The first-order valence-corrected chi connectivity index (χ1v) is 4.95. The molecule has 0 aliphatic heterocycles. The number of hydrogen-bond acceptors (Lipinski definition) is 0. The van der Waals surface area contributed by atoms with Gasteiger partial charge in [-0.05, 0) is 48.9 Å². The van der Waals surface area contributed by atoms with Crippen molar-refractivity contribution >= 4 is 0 Å². The van der Waals surface area contributed by atoms with Gasteiger partial charge in [0.05, 0.1) is 0 Å². The van der Waals surface area contributed by atoms with Crippen LogP contribution in [-0.2, 0) is 0 Å². The van der Waals surface area contributed by atoms with E-state index in [1.165, 1.54) is 19.3 Å². The average molecular weight is 148 g/mol. The van der Waals surface area contributed by atoms with Crippen LogP contribution in [-0.4, -0.2) is 0 Å². The zero-order chi connectivity index (χ0) is 7.59. The predicted octanol–water partition coefficient (Wildman–Crippen LogP) is 2.85. The van der Waals surface area contributed by atoms with Gasteiger partial charge >= 0.3 is 0 Å². The lowest BCUT2D eigenvalue weighted by Gasteiger charge is -2.24. The molecule has 3 aliphatic rings. The largest absolute Gasteiger partial charge is 0.0996 e. The molecule has 0 radical (unpaired) electrons. The monoisotopic (exact) mass is 148 g/mol. The van der Waals surface area contributed by atoms with Crippen LogP contribution in [0.3, 0.4) is 0 Å². The maximum absolute atomic E-state index is 4.21. The highest BCUT2D eigenvalue weighted by Crippen LogP contribution is 2.63. The normalized spacial score (nSPS) is 59.4.